The fourth-order valence-corrected chi connectivity index (χ4v) is 4.07. The molecule has 3 rings (SSSR count). The Morgan fingerprint density at radius 2 is 1.50 bits per heavy atom. The van der Waals surface area contributed by atoms with Crippen molar-refractivity contribution in [3.8, 4) is 17.2 Å². The van der Waals surface area contributed by atoms with Crippen LogP contribution in [0.1, 0.15) is 31.1 Å². The highest BCUT2D eigenvalue weighted by atomic mass is 32.2. The summed E-state index contributed by atoms with van der Waals surface area (Å²) in [6.07, 6.45) is 1.49. The Hall–Kier alpha value is -3.79. The average molecular weight is 486 g/mol. The lowest BCUT2D eigenvalue weighted by Crippen LogP contribution is -2.15. The molecule has 1 amide bonds. The standard InChI is InChI=1S/C24H27N3O6S/c1-4-31-20-15-17(16-21(32-5-2)23(20)33-6-3)24(28)26-18-10-12-19(13-11-18)34(29,30)27-22-9-7-8-14-25-22/h7-16H,4-6H2,1-3H3,(H,25,27)(H,26,28). The molecule has 2 aromatic carbocycles. The molecule has 2 N–H and O–H groups in total. The number of aromatic nitrogens is 1. The fraction of sp³-hybridized carbons (Fsp3) is 0.250. The number of rotatable bonds is 11. The second-order valence-corrected chi connectivity index (χ2v) is 8.58. The van der Waals surface area contributed by atoms with Gasteiger partial charge in [0.25, 0.3) is 15.9 Å². The summed E-state index contributed by atoms with van der Waals surface area (Å²) < 4.78 is 44.5. The SMILES string of the molecule is CCOc1cc(C(=O)Nc2ccc(S(=O)(=O)Nc3ccccn3)cc2)cc(OCC)c1OCC. The largest absolute Gasteiger partial charge is 0.490 e. The zero-order chi connectivity index (χ0) is 24.6. The number of sulfonamides is 1. The number of pyridine rings is 1. The van der Waals surface area contributed by atoms with E-state index in [1.54, 1.807) is 30.3 Å². The molecule has 0 radical (unpaired) electrons. The minimum absolute atomic E-state index is 0.0366. The van der Waals surface area contributed by atoms with E-state index in [1.165, 1.54) is 30.5 Å². The minimum Gasteiger partial charge on any atom is -0.490 e. The topological polar surface area (TPSA) is 116 Å². The maximum Gasteiger partial charge on any atom is 0.263 e. The Bertz CT molecular complexity index is 1190. The highest BCUT2D eigenvalue weighted by Gasteiger charge is 2.19. The van der Waals surface area contributed by atoms with Crippen LogP contribution >= 0.6 is 0 Å². The molecule has 0 unspecified atom stereocenters. The minimum atomic E-state index is -3.82. The van der Waals surface area contributed by atoms with Gasteiger partial charge in [-0.25, -0.2) is 13.4 Å². The van der Waals surface area contributed by atoms with Crippen LogP contribution in [0.3, 0.4) is 0 Å². The van der Waals surface area contributed by atoms with Crippen LogP contribution in [0.2, 0.25) is 0 Å². The van der Waals surface area contributed by atoms with Crippen molar-refractivity contribution in [3.05, 3.63) is 66.4 Å². The molecule has 180 valence electrons. The summed E-state index contributed by atoms with van der Waals surface area (Å²) in [5.41, 5.74) is 0.732. The first-order valence-corrected chi connectivity index (χ1v) is 12.3. The van der Waals surface area contributed by atoms with Crippen LogP contribution in [0.15, 0.2) is 65.7 Å². The molecule has 1 heterocycles. The third-order valence-electron chi connectivity index (χ3n) is 4.50. The Morgan fingerprint density at radius 1 is 0.882 bits per heavy atom. The normalized spacial score (nSPS) is 10.9. The van der Waals surface area contributed by atoms with Crippen molar-refractivity contribution >= 4 is 27.4 Å². The summed E-state index contributed by atoms with van der Waals surface area (Å²) in [5.74, 6) is 1.06. The quantitative estimate of drug-likeness (QED) is 0.415. The molecule has 0 aliphatic rings. The number of hydrogen-bond acceptors (Lipinski definition) is 7. The number of hydrogen-bond donors (Lipinski definition) is 2. The van der Waals surface area contributed by atoms with Gasteiger partial charge in [-0.05, 0) is 69.3 Å². The number of amides is 1. The number of nitrogens with one attached hydrogen (secondary N) is 2. The van der Waals surface area contributed by atoms with Crippen molar-refractivity contribution in [1.82, 2.24) is 4.98 Å². The van der Waals surface area contributed by atoms with Gasteiger partial charge in [0.2, 0.25) is 5.75 Å². The number of carbonyl (C=O) groups is 1. The van der Waals surface area contributed by atoms with Crippen LogP contribution < -0.4 is 24.2 Å². The summed E-state index contributed by atoms with van der Waals surface area (Å²) in [5, 5.41) is 2.76. The molecule has 0 atom stereocenters. The molecule has 10 heteroatoms. The van der Waals surface area contributed by atoms with E-state index >= 15 is 0 Å². The number of anilines is 2. The predicted molar refractivity (Wildman–Crippen MR) is 129 cm³/mol. The van der Waals surface area contributed by atoms with Crippen LogP contribution in [-0.4, -0.2) is 39.1 Å². The van der Waals surface area contributed by atoms with Gasteiger partial charge in [0.05, 0.1) is 24.7 Å². The number of benzene rings is 2. The van der Waals surface area contributed by atoms with Crippen LogP contribution in [0.4, 0.5) is 11.5 Å². The Morgan fingerprint density at radius 3 is 2.03 bits per heavy atom. The van der Waals surface area contributed by atoms with E-state index in [-0.39, 0.29) is 10.7 Å². The third kappa shape index (κ3) is 6.16. The summed E-state index contributed by atoms with van der Waals surface area (Å²) >= 11 is 0. The van der Waals surface area contributed by atoms with Crippen molar-refractivity contribution in [3.63, 3.8) is 0 Å². The molecule has 0 saturated carbocycles. The molecule has 0 aliphatic heterocycles. The maximum absolute atomic E-state index is 12.9. The Kier molecular flexibility index (Phi) is 8.31. The number of ether oxygens (including phenoxy) is 3. The third-order valence-corrected chi connectivity index (χ3v) is 5.87. The zero-order valence-corrected chi connectivity index (χ0v) is 20.0. The summed E-state index contributed by atoms with van der Waals surface area (Å²) in [7, 11) is -3.82. The van der Waals surface area contributed by atoms with E-state index < -0.39 is 15.9 Å². The van der Waals surface area contributed by atoms with Gasteiger partial charge >= 0.3 is 0 Å². The van der Waals surface area contributed by atoms with E-state index in [9.17, 15) is 13.2 Å². The van der Waals surface area contributed by atoms with E-state index in [0.717, 1.165) is 0 Å². The van der Waals surface area contributed by atoms with E-state index in [4.69, 9.17) is 14.2 Å². The first-order chi connectivity index (χ1) is 16.4. The van der Waals surface area contributed by atoms with Crippen LogP contribution in [0, 0.1) is 0 Å². The van der Waals surface area contributed by atoms with Gasteiger partial charge in [-0.15, -0.1) is 0 Å². The van der Waals surface area contributed by atoms with Gasteiger partial charge in [0.15, 0.2) is 11.5 Å². The molecule has 1 aromatic heterocycles. The second-order valence-electron chi connectivity index (χ2n) is 6.90. The molecular formula is C24H27N3O6S. The smallest absolute Gasteiger partial charge is 0.263 e. The van der Waals surface area contributed by atoms with Gasteiger partial charge in [0.1, 0.15) is 5.82 Å². The second kappa shape index (κ2) is 11.4. The molecule has 0 spiro atoms. The first kappa shape index (κ1) is 24.8. The van der Waals surface area contributed by atoms with Crippen LogP contribution in [0.5, 0.6) is 17.2 Å². The molecule has 34 heavy (non-hydrogen) atoms. The molecule has 9 nitrogen and oxygen atoms in total. The number of carbonyl (C=O) groups excluding carboxylic acids is 1. The van der Waals surface area contributed by atoms with Gasteiger partial charge < -0.3 is 19.5 Å². The van der Waals surface area contributed by atoms with E-state index in [0.29, 0.717) is 48.3 Å². The fourth-order valence-electron chi connectivity index (χ4n) is 3.06. The monoisotopic (exact) mass is 485 g/mol. The lowest BCUT2D eigenvalue weighted by atomic mass is 10.1. The molecular weight excluding hydrogens is 458 g/mol. The average Bonchev–Trinajstić information content (AvgIpc) is 2.82. The van der Waals surface area contributed by atoms with Gasteiger partial charge in [-0.1, -0.05) is 6.07 Å². The number of nitrogens with zero attached hydrogens (tertiary/aromatic N) is 1. The lowest BCUT2D eigenvalue weighted by Gasteiger charge is -2.17. The van der Waals surface area contributed by atoms with Crippen LogP contribution in [-0.2, 0) is 10.0 Å². The first-order valence-electron chi connectivity index (χ1n) is 10.8. The van der Waals surface area contributed by atoms with Crippen molar-refractivity contribution in [2.45, 2.75) is 25.7 Å². The van der Waals surface area contributed by atoms with Crippen LogP contribution in [0.25, 0.3) is 0 Å². The molecule has 3 aromatic rings. The lowest BCUT2D eigenvalue weighted by molar-refractivity contribution is 0.102. The summed E-state index contributed by atoms with van der Waals surface area (Å²) in [6, 6.07) is 13.9. The Balaban J connectivity index is 1.80. The highest BCUT2D eigenvalue weighted by molar-refractivity contribution is 7.92. The van der Waals surface area contributed by atoms with Crippen molar-refractivity contribution < 1.29 is 27.4 Å². The van der Waals surface area contributed by atoms with Crippen molar-refractivity contribution in [2.75, 3.05) is 29.9 Å². The molecule has 0 fully saturated rings. The highest BCUT2D eigenvalue weighted by Crippen LogP contribution is 2.39. The van der Waals surface area contributed by atoms with Gasteiger partial charge in [0, 0.05) is 17.4 Å². The molecule has 0 aliphatic carbocycles. The zero-order valence-electron chi connectivity index (χ0n) is 19.2. The van der Waals surface area contributed by atoms with Gasteiger partial charge in [-0.2, -0.15) is 0 Å². The van der Waals surface area contributed by atoms with E-state index in [1.807, 2.05) is 20.8 Å². The maximum atomic E-state index is 12.9. The van der Waals surface area contributed by atoms with E-state index in [2.05, 4.69) is 15.0 Å². The molecule has 0 bridgehead atoms. The van der Waals surface area contributed by atoms with Crippen molar-refractivity contribution in [2.24, 2.45) is 0 Å². The summed E-state index contributed by atoms with van der Waals surface area (Å²) in [6.45, 7) is 6.71. The predicted octanol–water partition coefficient (Wildman–Crippen LogP) is 4.33. The van der Waals surface area contributed by atoms with Gasteiger partial charge in [-0.3, -0.25) is 9.52 Å². The summed E-state index contributed by atoms with van der Waals surface area (Å²) in [4.78, 5) is 16.9. The Labute approximate surface area is 199 Å². The van der Waals surface area contributed by atoms with Crippen molar-refractivity contribution in [1.29, 1.82) is 0 Å². The molecule has 0 saturated heterocycles.